The van der Waals surface area contributed by atoms with Gasteiger partial charge in [0.05, 0.1) is 44.2 Å². The summed E-state index contributed by atoms with van der Waals surface area (Å²) in [6, 6.07) is 0. The van der Waals surface area contributed by atoms with E-state index in [1.165, 1.54) is 19.4 Å². The van der Waals surface area contributed by atoms with Crippen molar-refractivity contribution in [3.8, 4) is 0 Å². The quantitative estimate of drug-likeness (QED) is 0.0601. The van der Waals surface area contributed by atoms with Crippen LogP contribution in [0.5, 0.6) is 0 Å². The first kappa shape index (κ1) is 59.0. The zero-order valence-corrected chi connectivity index (χ0v) is 43.8. The van der Waals surface area contributed by atoms with E-state index in [2.05, 4.69) is 26.8 Å². The molecule has 0 aromatic rings. The Hall–Kier alpha value is -1.14. The summed E-state index contributed by atoms with van der Waals surface area (Å²) in [6.07, 6.45) is -19.8. The van der Waals surface area contributed by atoms with Crippen molar-refractivity contribution in [3.05, 3.63) is 11.6 Å². The molecule has 7 fully saturated rings. The summed E-state index contributed by atoms with van der Waals surface area (Å²) in [4.78, 5) is 0. The number of hydrogen-bond donors (Lipinski definition) is 13. The van der Waals surface area contributed by atoms with Crippen LogP contribution in [0.2, 0.25) is 0 Å². The van der Waals surface area contributed by atoms with E-state index in [0.29, 0.717) is 43.4 Å². The van der Waals surface area contributed by atoms with Crippen molar-refractivity contribution >= 4 is 0 Å². The van der Waals surface area contributed by atoms with Gasteiger partial charge in [-0.1, -0.05) is 45.8 Å². The van der Waals surface area contributed by atoms with Gasteiger partial charge < -0.3 is 109 Å². The summed E-state index contributed by atoms with van der Waals surface area (Å²) in [5.74, 6) is -0.204. The summed E-state index contributed by atoms with van der Waals surface area (Å²) in [5.41, 5.74) is 1.10. The highest BCUT2D eigenvalue weighted by Gasteiger charge is 2.62. The van der Waals surface area contributed by atoms with Crippen molar-refractivity contribution in [2.45, 2.75) is 253 Å². The molecule has 4 saturated heterocycles. The average molecular weight is 1070 g/mol. The largest absolute Gasteiger partial charge is 0.394 e. The van der Waals surface area contributed by atoms with Gasteiger partial charge in [0.25, 0.3) is 0 Å². The van der Waals surface area contributed by atoms with Crippen molar-refractivity contribution in [2.75, 3.05) is 19.8 Å². The Morgan fingerprint density at radius 1 is 0.676 bits per heavy atom. The highest BCUT2D eigenvalue weighted by atomic mass is 16.8. The summed E-state index contributed by atoms with van der Waals surface area (Å²) < 4.78 is 54.6. The molecular weight excluding hydrogens is 977 g/mol. The highest BCUT2D eigenvalue weighted by molar-refractivity contribution is 5.26. The zero-order chi connectivity index (χ0) is 53.9. The summed E-state index contributed by atoms with van der Waals surface area (Å²) in [5, 5.41) is 138. The third-order valence-corrected chi connectivity index (χ3v) is 18.9. The standard InChI is InChI=1S/C52H88O22/c1-8-28-31(74-52(7,65)16-11-22(2)21-66-46-40(61)39(60)36(57)32(19-53)70-46)18-30-27-10-9-25-17-26(12-14-50(25,5)29(27)13-15-51(28,30)6)69-49-45(73-48-42(63)38(59)35(56)24(4)68-48)43(64)44(33(20-54)71-49)72-47-41(62)37(58)34(55)23(3)67-47/h9,22-24,26-49,53-65H,8,10-21H2,1-7H3/t22-,23?,24?,26+,27-,28+,29+,30+,31+,32?,33?,34+,35+,36-,37?,38?,39+,40?,41+,42+,43+,44-,45?,46-,47+,48+,49-,50+,51-,52+/m1/s1. The molecule has 22 heteroatoms. The van der Waals surface area contributed by atoms with E-state index >= 15 is 0 Å². The van der Waals surface area contributed by atoms with Crippen LogP contribution in [0.15, 0.2) is 11.6 Å². The molecule has 0 radical (unpaired) electrons. The minimum absolute atomic E-state index is 0.00768. The third kappa shape index (κ3) is 11.4. The summed E-state index contributed by atoms with van der Waals surface area (Å²) in [6.45, 7) is 12.4. The Bertz CT molecular complexity index is 1860. The van der Waals surface area contributed by atoms with E-state index in [1.54, 1.807) is 6.92 Å². The lowest BCUT2D eigenvalue weighted by Gasteiger charge is -2.58. The van der Waals surface area contributed by atoms with E-state index in [0.717, 1.165) is 38.5 Å². The number of allylic oxidation sites excluding steroid dienone is 1. The zero-order valence-electron chi connectivity index (χ0n) is 43.8. The number of aliphatic hydroxyl groups excluding tert-OH is 12. The Morgan fingerprint density at radius 3 is 1.86 bits per heavy atom. The molecule has 8 unspecified atom stereocenters. The van der Waals surface area contributed by atoms with Crippen molar-refractivity contribution in [2.24, 2.45) is 40.4 Å². The number of aliphatic hydroxyl groups is 13. The third-order valence-electron chi connectivity index (χ3n) is 18.9. The van der Waals surface area contributed by atoms with Gasteiger partial charge >= 0.3 is 0 Å². The van der Waals surface area contributed by atoms with Gasteiger partial charge in [0, 0.05) is 6.42 Å². The fraction of sp³-hybridized carbons (Fsp3) is 0.962. The first-order chi connectivity index (χ1) is 34.9. The second-order valence-electron chi connectivity index (χ2n) is 23.8. The van der Waals surface area contributed by atoms with E-state index in [1.807, 2.05) is 6.92 Å². The normalized spacial score (nSPS) is 52.0. The molecule has 4 heterocycles. The number of ether oxygens (including phenoxy) is 9. The van der Waals surface area contributed by atoms with Crippen molar-refractivity contribution in [3.63, 3.8) is 0 Å². The van der Waals surface area contributed by atoms with Crippen LogP contribution in [-0.4, -0.2) is 227 Å². The molecule has 13 N–H and O–H groups in total. The molecule has 8 aliphatic rings. The van der Waals surface area contributed by atoms with Crippen LogP contribution in [0, 0.1) is 40.4 Å². The lowest BCUT2D eigenvalue weighted by molar-refractivity contribution is -0.388. The highest BCUT2D eigenvalue weighted by Crippen LogP contribution is 2.67. The van der Waals surface area contributed by atoms with Gasteiger partial charge in [-0.15, -0.1) is 0 Å². The topological polar surface area (TPSA) is 346 Å². The van der Waals surface area contributed by atoms with Crippen molar-refractivity contribution in [1.82, 2.24) is 0 Å². The van der Waals surface area contributed by atoms with Gasteiger partial charge in [0.2, 0.25) is 0 Å². The van der Waals surface area contributed by atoms with Gasteiger partial charge in [-0.05, 0) is 113 Å². The molecule has 428 valence electrons. The number of hydrogen-bond acceptors (Lipinski definition) is 22. The van der Waals surface area contributed by atoms with Crippen LogP contribution in [0.3, 0.4) is 0 Å². The van der Waals surface area contributed by atoms with Crippen LogP contribution in [-0.2, 0) is 42.6 Å². The molecule has 4 aliphatic heterocycles. The van der Waals surface area contributed by atoms with Crippen LogP contribution >= 0.6 is 0 Å². The van der Waals surface area contributed by atoms with Gasteiger partial charge in [0.1, 0.15) is 85.5 Å². The SMILES string of the molecule is CC[C@H]1[C@@H](O[C@](C)(O)CC[C@@H](C)CO[C@@H]2OC(CO)[C@@H](O)[C@H](O)C2O)C[C@H]2[C@@H]3CC=C4C[C@@H](O[C@@H]5OC(CO)[C@@H](O[C@@H]6OC(C)[C@H](O)C(O)[C@@H]6O)[C@H](O)C5O[C@@H]5OC(C)[C@H](O)C(O)[C@@H]5O)CC[C@]4(C)[C@H]3CC[C@@]21C. The summed E-state index contributed by atoms with van der Waals surface area (Å²) in [7, 11) is 0. The fourth-order valence-corrected chi connectivity index (χ4v) is 14.4. The first-order valence-corrected chi connectivity index (χ1v) is 27.2. The Kier molecular flexibility index (Phi) is 18.7. The molecule has 8 rings (SSSR count). The van der Waals surface area contributed by atoms with E-state index in [4.69, 9.17) is 42.6 Å². The van der Waals surface area contributed by atoms with Gasteiger partial charge in [0.15, 0.2) is 30.9 Å². The minimum atomic E-state index is -1.75. The number of fused-ring (bicyclic) bond motifs is 5. The van der Waals surface area contributed by atoms with Crippen LogP contribution in [0.25, 0.3) is 0 Å². The van der Waals surface area contributed by atoms with Gasteiger partial charge in [-0.3, -0.25) is 0 Å². The van der Waals surface area contributed by atoms with E-state index in [-0.39, 0.29) is 35.4 Å². The lowest BCUT2D eigenvalue weighted by Crippen LogP contribution is -2.66. The second-order valence-corrected chi connectivity index (χ2v) is 23.8. The molecule has 22 nitrogen and oxygen atoms in total. The van der Waals surface area contributed by atoms with Crippen molar-refractivity contribution < 1.29 is 109 Å². The molecule has 3 saturated carbocycles. The molecule has 0 spiro atoms. The average Bonchev–Trinajstić information content (AvgIpc) is 3.65. The van der Waals surface area contributed by atoms with Gasteiger partial charge in [-0.2, -0.15) is 0 Å². The summed E-state index contributed by atoms with van der Waals surface area (Å²) >= 11 is 0. The second kappa shape index (κ2) is 23.5. The molecule has 0 amide bonds. The maximum atomic E-state index is 12.1. The molecular formula is C52H88O22. The minimum Gasteiger partial charge on any atom is -0.394 e. The molecule has 0 aromatic carbocycles. The molecule has 74 heavy (non-hydrogen) atoms. The predicted molar refractivity (Wildman–Crippen MR) is 256 cm³/mol. The van der Waals surface area contributed by atoms with Crippen LogP contribution < -0.4 is 0 Å². The smallest absolute Gasteiger partial charge is 0.187 e. The predicted octanol–water partition coefficient (Wildman–Crippen LogP) is -1.20. The Balaban J connectivity index is 0.921. The molecule has 0 aromatic heterocycles. The maximum Gasteiger partial charge on any atom is 0.187 e. The van der Waals surface area contributed by atoms with E-state index < -0.39 is 148 Å². The fourth-order valence-electron chi connectivity index (χ4n) is 14.4. The Morgan fingerprint density at radius 2 is 1.26 bits per heavy atom. The molecule has 30 atom stereocenters. The van der Waals surface area contributed by atoms with E-state index in [9.17, 15) is 66.4 Å². The lowest BCUT2D eigenvalue weighted by atomic mass is 9.47. The first-order valence-electron chi connectivity index (χ1n) is 27.2. The maximum absolute atomic E-state index is 12.1. The van der Waals surface area contributed by atoms with Crippen LogP contribution in [0.1, 0.15) is 113 Å². The monoisotopic (exact) mass is 1060 g/mol. The Labute approximate surface area is 433 Å². The molecule has 0 bridgehead atoms. The number of rotatable bonds is 17. The van der Waals surface area contributed by atoms with Gasteiger partial charge in [-0.25, -0.2) is 0 Å². The molecule has 4 aliphatic carbocycles. The van der Waals surface area contributed by atoms with Crippen molar-refractivity contribution in [1.29, 1.82) is 0 Å². The van der Waals surface area contributed by atoms with Crippen LogP contribution in [0.4, 0.5) is 0 Å².